The topological polar surface area (TPSA) is 105 Å². The molecular formula is C17H12ClN5O2S. The van der Waals surface area contributed by atoms with E-state index in [0.29, 0.717) is 22.7 Å². The molecule has 130 valence electrons. The molecule has 1 aromatic carbocycles. The molecule has 7 nitrogen and oxygen atoms in total. The van der Waals surface area contributed by atoms with E-state index in [9.17, 15) is 4.79 Å². The third kappa shape index (κ3) is 4.20. The van der Waals surface area contributed by atoms with Crippen LogP contribution in [-0.2, 0) is 4.79 Å². The van der Waals surface area contributed by atoms with Gasteiger partial charge in [0.1, 0.15) is 6.07 Å². The van der Waals surface area contributed by atoms with Crippen LogP contribution in [0.1, 0.15) is 12.5 Å². The monoisotopic (exact) mass is 385 g/mol. The molecular weight excluding hydrogens is 374 g/mol. The second-order valence-electron chi connectivity index (χ2n) is 5.17. The minimum atomic E-state index is -0.480. The Hall–Kier alpha value is -2.89. The summed E-state index contributed by atoms with van der Waals surface area (Å²) in [5, 5.41) is 19.6. The second kappa shape index (κ2) is 7.99. The van der Waals surface area contributed by atoms with E-state index in [2.05, 4.69) is 20.5 Å². The second-order valence-corrected chi connectivity index (χ2v) is 6.87. The Labute approximate surface area is 158 Å². The van der Waals surface area contributed by atoms with E-state index in [1.54, 1.807) is 43.6 Å². The number of carbonyl (C=O) groups excluding carboxylic acids is 1. The molecule has 26 heavy (non-hydrogen) atoms. The highest BCUT2D eigenvalue weighted by molar-refractivity contribution is 8.00. The molecule has 1 amide bonds. The summed E-state index contributed by atoms with van der Waals surface area (Å²) in [7, 11) is 0. The van der Waals surface area contributed by atoms with Crippen LogP contribution in [0.3, 0.4) is 0 Å². The lowest BCUT2D eigenvalue weighted by atomic mass is 10.2. The van der Waals surface area contributed by atoms with Crippen molar-refractivity contribution in [3.8, 4) is 17.5 Å². The van der Waals surface area contributed by atoms with E-state index in [-0.39, 0.29) is 16.2 Å². The summed E-state index contributed by atoms with van der Waals surface area (Å²) in [6, 6.07) is 10.2. The quantitative estimate of drug-likeness (QED) is 0.666. The molecule has 0 aliphatic heterocycles. The van der Waals surface area contributed by atoms with Crippen molar-refractivity contribution in [2.24, 2.45) is 0 Å². The van der Waals surface area contributed by atoms with E-state index >= 15 is 0 Å². The number of anilines is 1. The Morgan fingerprint density at radius 1 is 1.38 bits per heavy atom. The first-order valence-corrected chi connectivity index (χ1v) is 8.73. The fourth-order valence-corrected chi connectivity index (χ4v) is 2.90. The van der Waals surface area contributed by atoms with Crippen molar-refractivity contribution in [3.63, 3.8) is 0 Å². The Morgan fingerprint density at radius 2 is 2.23 bits per heavy atom. The lowest BCUT2D eigenvalue weighted by Gasteiger charge is -2.10. The first kappa shape index (κ1) is 17.9. The number of hydrogen-bond acceptors (Lipinski definition) is 7. The maximum atomic E-state index is 12.3. The van der Waals surface area contributed by atoms with Crippen molar-refractivity contribution in [3.05, 3.63) is 53.3 Å². The van der Waals surface area contributed by atoms with Crippen LogP contribution in [0, 0.1) is 11.3 Å². The van der Waals surface area contributed by atoms with Crippen molar-refractivity contribution in [2.75, 3.05) is 5.32 Å². The van der Waals surface area contributed by atoms with Crippen LogP contribution < -0.4 is 5.32 Å². The van der Waals surface area contributed by atoms with Crippen molar-refractivity contribution in [1.29, 1.82) is 5.26 Å². The maximum absolute atomic E-state index is 12.3. The van der Waals surface area contributed by atoms with Crippen molar-refractivity contribution in [1.82, 2.24) is 15.2 Å². The summed E-state index contributed by atoms with van der Waals surface area (Å²) < 4.78 is 5.55. The molecule has 0 saturated heterocycles. The van der Waals surface area contributed by atoms with E-state index in [4.69, 9.17) is 21.3 Å². The average Bonchev–Trinajstić information content (AvgIpc) is 3.11. The van der Waals surface area contributed by atoms with Gasteiger partial charge in [-0.05, 0) is 37.3 Å². The predicted octanol–water partition coefficient (Wildman–Crippen LogP) is 3.78. The summed E-state index contributed by atoms with van der Waals surface area (Å²) in [5.41, 5.74) is 1.56. The number of nitrogens with zero attached hydrogens (tertiary/aromatic N) is 4. The standard InChI is InChI=1S/C17H12ClN5O2S/c1-10(15(24)21-13-5-4-11(8-19)14(18)7-13)26-17-23-22-16(25-17)12-3-2-6-20-9-12/h2-7,9-10H,1H3,(H,21,24)/t10-/m0/s1. The maximum Gasteiger partial charge on any atom is 0.277 e. The molecule has 0 unspecified atom stereocenters. The molecule has 0 spiro atoms. The van der Waals surface area contributed by atoms with Crippen LogP contribution in [0.25, 0.3) is 11.5 Å². The van der Waals surface area contributed by atoms with Gasteiger partial charge in [0.05, 0.1) is 21.4 Å². The number of thioether (sulfide) groups is 1. The molecule has 0 radical (unpaired) electrons. The smallest absolute Gasteiger partial charge is 0.277 e. The number of pyridine rings is 1. The molecule has 0 saturated carbocycles. The summed E-state index contributed by atoms with van der Waals surface area (Å²) in [6.45, 7) is 1.72. The largest absolute Gasteiger partial charge is 0.411 e. The number of rotatable bonds is 5. The Morgan fingerprint density at radius 3 is 2.92 bits per heavy atom. The van der Waals surface area contributed by atoms with Crippen molar-refractivity contribution in [2.45, 2.75) is 17.4 Å². The zero-order chi connectivity index (χ0) is 18.5. The fraction of sp³-hybridized carbons (Fsp3) is 0.118. The highest BCUT2D eigenvalue weighted by atomic mass is 35.5. The fourth-order valence-electron chi connectivity index (χ4n) is 2.00. The summed E-state index contributed by atoms with van der Waals surface area (Å²) in [5.74, 6) is 0.0870. The first-order valence-electron chi connectivity index (χ1n) is 7.48. The summed E-state index contributed by atoms with van der Waals surface area (Å²) in [4.78, 5) is 16.3. The van der Waals surface area contributed by atoms with Gasteiger partial charge in [0.2, 0.25) is 11.8 Å². The number of nitrogens with one attached hydrogen (secondary N) is 1. The van der Waals surface area contributed by atoms with Crippen LogP contribution in [0.5, 0.6) is 0 Å². The van der Waals surface area contributed by atoms with Gasteiger partial charge in [0.25, 0.3) is 5.22 Å². The third-order valence-corrected chi connectivity index (χ3v) is 4.57. The highest BCUT2D eigenvalue weighted by Crippen LogP contribution is 2.27. The van der Waals surface area contributed by atoms with Gasteiger partial charge in [0, 0.05) is 18.1 Å². The molecule has 0 aliphatic rings. The number of benzene rings is 1. The number of amides is 1. The zero-order valence-electron chi connectivity index (χ0n) is 13.5. The van der Waals surface area contributed by atoms with Gasteiger partial charge in [-0.3, -0.25) is 9.78 Å². The van der Waals surface area contributed by atoms with Gasteiger partial charge in [-0.25, -0.2) is 0 Å². The van der Waals surface area contributed by atoms with Crippen molar-refractivity contribution >= 4 is 35.0 Å². The molecule has 3 rings (SSSR count). The summed E-state index contributed by atoms with van der Waals surface area (Å²) >= 11 is 7.11. The van der Waals surface area contributed by atoms with E-state index in [0.717, 1.165) is 11.8 Å². The molecule has 3 aromatic rings. The van der Waals surface area contributed by atoms with Gasteiger partial charge in [-0.15, -0.1) is 10.2 Å². The van der Waals surface area contributed by atoms with Crippen LogP contribution >= 0.6 is 23.4 Å². The average molecular weight is 386 g/mol. The van der Waals surface area contributed by atoms with Crippen LogP contribution in [0.15, 0.2) is 52.4 Å². The van der Waals surface area contributed by atoms with E-state index in [1.807, 2.05) is 6.07 Å². The van der Waals surface area contributed by atoms with E-state index in [1.165, 1.54) is 6.07 Å². The SMILES string of the molecule is C[C@H](Sc1nnc(-c2cccnc2)o1)C(=O)Nc1ccc(C#N)c(Cl)c1. The van der Waals surface area contributed by atoms with Gasteiger partial charge in [-0.2, -0.15) is 5.26 Å². The Kier molecular flexibility index (Phi) is 5.51. The normalized spacial score (nSPS) is 11.6. The molecule has 0 bridgehead atoms. The molecule has 1 N–H and O–H groups in total. The van der Waals surface area contributed by atoms with Gasteiger partial charge >= 0.3 is 0 Å². The van der Waals surface area contributed by atoms with Crippen LogP contribution in [0.4, 0.5) is 5.69 Å². The van der Waals surface area contributed by atoms with Crippen LogP contribution in [0.2, 0.25) is 5.02 Å². The van der Waals surface area contributed by atoms with Gasteiger partial charge in [-0.1, -0.05) is 23.4 Å². The lowest BCUT2D eigenvalue weighted by molar-refractivity contribution is -0.115. The van der Waals surface area contributed by atoms with Crippen LogP contribution in [-0.4, -0.2) is 26.3 Å². The summed E-state index contributed by atoms with van der Waals surface area (Å²) in [6.07, 6.45) is 3.27. The number of hydrogen-bond donors (Lipinski definition) is 1. The molecule has 2 heterocycles. The number of nitriles is 1. The predicted molar refractivity (Wildman–Crippen MR) is 97.6 cm³/mol. The molecule has 1 atom stereocenters. The minimum absolute atomic E-state index is 0.253. The van der Waals surface area contributed by atoms with Gasteiger partial charge < -0.3 is 9.73 Å². The first-order chi connectivity index (χ1) is 12.6. The number of halogens is 1. The zero-order valence-corrected chi connectivity index (χ0v) is 15.1. The molecule has 0 aliphatic carbocycles. The Bertz CT molecular complexity index is 971. The van der Waals surface area contributed by atoms with E-state index < -0.39 is 5.25 Å². The van der Waals surface area contributed by atoms with Crippen molar-refractivity contribution < 1.29 is 9.21 Å². The molecule has 0 fully saturated rings. The third-order valence-electron chi connectivity index (χ3n) is 3.32. The lowest BCUT2D eigenvalue weighted by Crippen LogP contribution is -2.22. The number of aromatic nitrogens is 3. The number of carbonyl (C=O) groups is 1. The minimum Gasteiger partial charge on any atom is -0.411 e. The molecule has 9 heteroatoms. The highest BCUT2D eigenvalue weighted by Gasteiger charge is 2.19. The Balaban J connectivity index is 1.64. The molecule has 2 aromatic heterocycles. The van der Waals surface area contributed by atoms with Gasteiger partial charge in [0.15, 0.2) is 0 Å².